The highest BCUT2D eigenvalue weighted by Gasteiger charge is 2.32. The minimum absolute atomic E-state index is 0.287. The fourth-order valence-electron chi connectivity index (χ4n) is 2.84. The van der Waals surface area contributed by atoms with E-state index in [1.807, 2.05) is 19.1 Å². The van der Waals surface area contributed by atoms with Crippen molar-refractivity contribution in [3.63, 3.8) is 0 Å². The van der Waals surface area contributed by atoms with Crippen LogP contribution in [0.3, 0.4) is 0 Å². The van der Waals surface area contributed by atoms with Crippen molar-refractivity contribution in [1.82, 2.24) is 24.5 Å². The molecule has 0 amide bonds. The third kappa shape index (κ3) is 3.02. The molecule has 22 heavy (non-hydrogen) atoms. The maximum Gasteiger partial charge on any atom is 0.211 e. The Morgan fingerprint density at radius 2 is 2.14 bits per heavy atom. The fraction of sp³-hybridized carbons (Fsp3) is 0.500. The van der Waals surface area contributed by atoms with Crippen molar-refractivity contribution in [3.8, 4) is 11.4 Å². The molecule has 2 aromatic heterocycles. The van der Waals surface area contributed by atoms with Gasteiger partial charge < -0.3 is 0 Å². The van der Waals surface area contributed by atoms with Crippen LogP contribution in [0.15, 0.2) is 18.3 Å². The number of hydrogen-bond acceptors (Lipinski definition) is 5. The second kappa shape index (κ2) is 5.77. The van der Waals surface area contributed by atoms with Crippen LogP contribution in [0.5, 0.6) is 0 Å². The van der Waals surface area contributed by atoms with Gasteiger partial charge in [0.1, 0.15) is 5.82 Å². The number of nitrogens with one attached hydrogen (secondary N) is 1. The van der Waals surface area contributed by atoms with E-state index in [9.17, 15) is 8.42 Å². The molecule has 0 radical (unpaired) electrons. The van der Waals surface area contributed by atoms with Crippen molar-refractivity contribution in [2.45, 2.75) is 32.2 Å². The summed E-state index contributed by atoms with van der Waals surface area (Å²) in [6, 6.07) is 3.41. The molecule has 1 atom stereocenters. The molecular weight excluding hydrogens is 302 g/mol. The molecule has 1 fully saturated rings. The predicted octanol–water partition coefficient (Wildman–Crippen LogP) is 1.66. The normalized spacial score (nSPS) is 20.2. The van der Waals surface area contributed by atoms with Gasteiger partial charge in [0.15, 0.2) is 0 Å². The van der Waals surface area contributed by atoms with E-state index in [0.717, 1.165) is 36.3 Å². The van der Waals surface area contributed by atoms with Crippen molar-refractivity contribution >= 4 is 10.0 Å². The topological polar surface area (TPSA) is 91.8 Å². The molecule has 0 bridgehead atoms. The van der Waals surface area contributed by atoms with Gasteiger partial charge >= 0.3 is 0 Å². The number of H-pyrrole nitrogens is 1. The van der Waals surface area contributed by atoms with Gasteiger partial charge in [-0.1, -0.05) is 6.42 Å². The molecule has 1 aliphatic heterocycles. The summed E-state index contributed by atoms with van der Waals surface area (Å²) in [5.74, 6) is 0.565. The summed E-state index contributed by atoms with van der Waals surface area (Å²) in [4.78, 5) is 9.05. The van der Waals surface area contributed by atoms with E-state index in [1.54, 1.807) is 6.20 Å². The Hall–Kier alpha value is -1.80. The first-order chi connectivity index (χ1) is 10.4. The van der Waals surface area contributed by atoms with Gasteiger partial charge in [-0.05, 0) is 31.9 Å². The number of sulfonamides is 1. The van der Waals surface area contributed by atoms with Gasteiger partial charge in [0, 0.05) is 18.4 Å². The first-order valence-corrected chi connectivity index (χ1v) is 9.12. The van der Waals surface area contributed by atoms with E-state index in [1.165, 1.54) is 10.6 Å². The highest BCUT2D eigenvalue weighted by atomic mass is 32.2. The second-order valence-corrected chi connectivity index (χ2v) is 7.54. The molecule has 1 N–H and O–H groups in total. The molecule has 3 heterocycles. The van der Waals surface area contributed by atoms with Crippen LogP contribution >= 0.6 is 0 Å². The van der Waals surface area contributed by atoms with Gasteiger partial charge in [0.05, 0.1) is 23.7 Å². The number of rotatable bonds is 3. The summed E-state index contributed by atoms with van der Waals surface area (Å²) in [7, 11) is -3.27. The van der Waals surface area contributed by atoms with Gasteiger partial charge in [-0.25, -0.2) is 18.4 Å². The second-order valence-electron chi connectivity index (χ2n) is 5.61. The van der Waals surface area contributed by atoms with E-state index >= 15 is 0 Å². The SMILES string of the molecule is Cc1cc(-c2ccn[nH]2)nc(C2CCCCN2S(C)(=O)=O)n1. The van der Waals surface area contributed by atoms with Gasteiger partial charge in [0.25, 0.3) is 0 Å². The Labute approximate surface area is 129 Å². The lowest BCUT2D eigenvalue weighted by molar-refractivity contribution is 0.248. The highest BCUT2D eigenvalue weighted by Crippen LogP contribution is 2.31. The summed E-state index contributed by atoms with van der Waals surface area (Å²) in [6.07, 6.45) is 5.52. The molecule has 2 aromatic rings. The van der Waals surface area contributed by atoms with E-state index in [-0.39, 0.29) is 6.04 Å². The van der Waals surface area contributed by atoms with Crippen molar-refractivity contribution < 1.29 is 8.42 Å². The Balaban J connectivity index is 2.03. The number of aryl methyl sites for hydroxylation is 1. The predicted molar refractivity (Wildman–Crippen MR) is 82.5 cm³/mol. The van der Waals surface area contributed by atoms with Crippen LogP contribution in [0.2, 0.25) is 0 Å². The fourth-order valence-corrected chi connectivity index (χ4v) is 3.96. The first kappa shape index (κ1) is 15.1. The van der Waals surface area contributed by atoms with Gasteiger partial charge in [-0.15, -0.1) is 0 Å². The summed E-state index contributed by atoms with van der Waals surface area (Å²) < 4.78 is 25.6. The highest BCUT2D eigenvalue weighted by molar-refractivity contribution is 7.88. The largest absolute Gasteiger partial charge is 0.276 e. The lowest BCUT2D eigenvalue weighted by Crippen LogP contribution is -2.38. The number of aromatic amines is 1. The standard InChI is InChI=1S/C14H19N5O2S/c1-10-9-12(11-6-7-15-18-11)17-14(16-10)13-5-3-4-8-19(13)22(2,20)21/h6-7,9,13H,3-5,8H2,1-2H3,(H,15,18). The van der Waals surface area contributed by atoms with E-state index in [4.69, 9.17) is 0 Å². The van der Waals surface area contributed by atoms with Crippen LogP contribution in [0.25, 0.3) is 11.4 Å². The quantitative estimate of drug-likeness (QED) is 0.928. The molecule has 0 saturated carbocycles. The molecule has 7 nitrogen and oxygen atoms in total. The smallest absolute Gasteiger partial charge is 0.211 e. The summed E-state index contributed by atoms with van der Waals surface area (Å²) in [5, 5.41) is 6.81. The van der Waals surface area contributed by atoms with Crippen LogP contribution < -0.4 is 0 Å². The molecule has 0 aromatic carbocycles. The van der Waals surface area contributed by atoms with Crippen molar-refractivity contribution in [3.05, 3.63) is 29.8 Å². The summed E-state index contributed by atoms with van der Waals surface area (Å²) >= 11 is 0. The molecule has 1 aliphatic rings. The molecule has 1 unspecified atom stereocenters. The molecule has 3 rings (SSSR count). The Morgan fingerprint density at radius 1 is 1.32 bits per heavy atom. The van der Waals surface area contributed by atoms with Crippen LogP contribution in [0.1, 0.15) is 36.8 Å². The van der Waals surface area contributed by atoms with Gasteiger partial charge in [-0.3, -0.25) is 5.10 Å². The Morgan fingerprint density at radius 3 is 2.82 bits per heavy atom. The first-order valence-electron chi connectivity index (χ1n) is 7.27. The molecule has 1 saturated heterocycles. The number of piperidine rings is 1. The van der Waals surface area contributed by atoms with Crippen LogP contribution in [-0.4, -0.2) is 45.7 Å². The molecule has 8 heteroatoms. The third-order valence-electron chi connectivity index (χ3n) is 3.83. The molecular formula is C14H19N5O2S. The van der Waals surface area contributed by atoms with E-state index in [2.05, 4.69) is 20.2 Å². The van der Waals surface area contributed by atoms with Crippen molar-refractivity contribution in [2.24, 2.45) is 0 Å². The molecule has 118 valence electrons. The Kier molecular flexibility index (Phi) is 3.96. The van der Waals surface area contributed by atoms with Crippen LogP contribution in [0, 0.1) is 6.92 Å². The Bertz CT molecular complexity index is 758. The zero-order valence-electron chi connectivity index (χ0n) is 12.7. The van der Waals surface area contributed by atoms with Crippen molar-refractivity contribution in [1.29, 1.82) is 0 Å². The summed E-state index contributed by atoms with van der Waals surface area (Å²) in [5.41, 5.74) is 2.35. The lowest BCUT2D eigenvalue weighted by Gasteiger charge is -2.32. The average molecular weight is 321 g/mol. The zero-order chi connectivity index (χ0) is 15.7. The average Bonchev–Trinajstić information content (AvgIpc) is 3.00. The van der Waals surface area contributed by atoms with Gasteiger partial charge in [0.2, 0.25) is 10.0 Å². The van der Waals surface area contributed by atoms with Gasteiger partial charge in [-0.2, -0.15) is 9.40 Å². The molecule has 0 aliphatic carbocycles. The summed E-state index contributed by atoms with van der Waals surface area (Å²) in [6.45, 7) is 2.42. The number of hydrogen-bond donors (Lipinski definition) is 1. The number of nitrogens with zero attached hydrogens (tertiary/aromatic N) is 4. The zero-order valence-corrected chi connectivity index (χ0v) is 13.5. The van der Waals surface area contributed by atoms with Crippen molar-refractivity contribution in [2.75, 3.05) is 12.8 Å². The minimum Gasteiger partial charge on any atom is -0.276 e. The maximum absolute atomic E-state index is 12.0. The maximum atomic E-state index is 12.0. The van der Waals surface area contributed by atoms with E-state index in [0.29, 0.717) is 12.4 Å². The monoisotopic (exact) mass is 321 g/mol. The molecule has 0 spiro atoms. The van der Waals surface area contributed by atoms with Crippen LogP contribution in [0.4, 0.5) is 0 Å². The third-order valence-corrected chi connectivity index (χ3v) is 5.11. The lowest BCUT2D eigenvalue weighted by atomic mass is 10.0. The van der Waals surface area contributed by atoms with E-state index < -0.39 is 10.0 Å². The van der Waals surface area contributed by atoms with Crippen LogP contribution in [-0.2, 0) is 10.0 Å². The minimum atomic E-state index is -3.27. The number of aromatic nitrogens is 4.